The average Bonchev–Trinajstić information content (AvgIpc) is 2.46. The van der Waals surface area contributed by atoms with E-state index in [1.54, 1.807) is 0 Å². The summed E-state index contributed by atoms with van der Waals surface area (Å²) in [5, 5.41) is 0. The maximum absolute atomic E-state index is 4.78. The summed E-state index contributed by atoms with van der Waals surface area (Å²) >= 11 is 0. The average molecular weight is 356 g/mol. The molecule has 0 N–H and O–H groups in total. The molecule has 4 bridgehead atoms. The topological polar surface area (TPSA) is 29.0 Å². The maximum atomic E-state index is 4.78. The number of aromatic nitrogens is 2. The standard InChI is InChI=1S/C17H21N3.2CH3.Ni/c1-13(2)20-11-16-7-3-5-14(18-16)9-10-15-6-4-8-17(12-20)19-15;;;/h3-8,13H,9-12H2,1-2H3;2*1H3;/q;2*-1;+3. The van der Waals surface area contributed by atoms with Gasteiger partial charge in [0.15, 0.2) is 0 Å². The van der Waals surface area contributed by atoms with Crippen LogP contribution in [0.3, 0.4) is 0 Å². The first kappa shape index (κ1) is 21.8. The molecule has 23 heavy (non-hydrogen) atoms. The van der Waals surface area contributed by atoms with E-state index in [1.807, 2.05) is 0 Å². The normalized spacial score (nSPS) is 13.9. The number of rotatable bonds is 1. The molecule has 127 valence electrons. The van der Waals surface area contributed by atoms with Gasteiger partial charge in [-0.1, -0.05) is 12.1 Å². The molecule has 2 aromatic heterocycles. The van der Waals surface area contributed by atoms with Crippen LogP contribution < -0.4 is 0 Å². The van der Waals surface area contributed by atoms with Gasteiger partial charge in [0, 0.05) is 30.5 Å². The van der Waals surface area contributed by atoms with Crippen molar-refractivity contribution >= 4 is 0 Å². The van der Waals surface area contributed by atoms with Gasteiger partial charge in [-0.15, -0.1) is 0 Å². The van der Waals surface area contributed by atoms with Crippen molar-refractivity contribution in [1.82, 2.24) is 14.9 Å². The van der Waals surface area contributed by atoms with E-state index >= 15 is 0 Å². The molecular formula is C19H27N3Ni+. The summed E-state index contributed by atoms with van der Waals surface area (Å²) in [5.41, 5.74) is 4.65. The molecule has 0 aliphatic carbocycles. The fourth-order valence-electron chi connectivity index (χ4n) is 2.61. The molecule has 0 aromatic carbocycles. The van der Waals surface area contributed by atoms with Crippen molar-refractivity contribution in [2.45, 2.75) is 45.8 Å². The van der Waals surface area contributed by atoms with Gasteiger partial charge in [-0.05, 0) is 51.0 Å². The minimum Gasteiger partial charge on any atom is -0.358 e. The van der Waals surface area contributed by atoms with E-state index in [4.69, 9.17) is 9.97 Å². The van der Waals surface area contributed by atoms with Crippen molar-refractivity contribution < 1.29 is 16.5 Å². The predicted octanol–water partition coefficient (Wildman–Crippen LogP) is 3.88. The Morgan fingerprint density at radius 2 is 1.17 bits per heavy atom. The molecular weight excluding hydrogens is 329 g/mol. The molecule has 1 aliphatic heterocycles. The van der Waals surface area contributed by atoms with E-state index < -0.39 is 0 Å². The van der Waals surface area contributed by atoms with Crippen LogP contribution in [0.5, 0.6) is 0 Å². The summed E-state index contributed by atoms with van der Waals surface area (Å²) in [5.74, 6) is 0. The van der Waals surface area contributed by atoms with E-state index in [-0.39, 0.29) is 31.3 Å². The van der Waals surface area contributed by atoms with E-state index in [2.05, 4.69) is 55.1 Å². The van der Waals surface area contributed by atoms with Gasteiger partial charge < -0.3 is 14.9 Å². The van der Waals surface area contributed by atoms with Crippen LogP contribution in [0.1, 0.15) is 36.6 Å². The predicted molar refractivity (Wildman–Crippen MR) is 93.1 cm³/mol. The van der Waals surface area contributed by atoms with Crippen molar-refractivity contribution in [2.75, 3.05) is 0 Å². The van der Waals surface area contributed by atoms with Gasteiger partial charge in [-0.2, -0.15) is 0 Å². The Morgan fingerprint density at radius 3 is 1.57 bits per heavy atom. The summed E-state index contributed by atoms with van der Waals surface area (Å²) in [6.45, 7) is 6.23. The third kappa shape index (κ3) is 5.71. The molecule has 2 aromatic rings. The van der Waals surface area contributed by atoms with Crippen molar-refractivity contribution in [2.24, 2.45) is 0 Å². The zero-order chi connectivity index (χ0) is 13.9. The monoisotopic (exact) mass is 355 g/mol. The number of fused-ring (bicyclic) bond motifs is 4. The minimum atomic E-state index is 0. The Labute approximate surface area is 151 Å². The molecule has 0 unspecified atom stereocenters. The second-order valence-electron chi connectivity index (χ2n) is 5.74. The van der Waals surface area contributed by atoms with Gasteiger partial charge in [0.05, 0.1) is 11.4 Å². The molecule has 0 amide bonds. The van der Waals surface area contributed by atoms with E-state index in [1.165, 1.54) is 11.4 Å². The first-order chi connectivity index (χ1) is 9.70. The zero-order valence-corrected chi connectivity index (χ0v) is 15.5. The summed E-state index contributed by atoms with van der Waals surface area (Å²) in [6, 6.07) is 13.2. The van der Waals surface area contributed by atoms with Crippen LogP contribution >= 0.6 is 0 Å². The first-order valence-corrected chi connectivity index (χ1v) is 7.34. The molecule has 3 nitrogen and oxygen atoms in total. The number of aryl methyl sites for hydroxylation is 2. The second kappa shape index (κ2) is 9.79. The molecule has 3 heterocycles. The number of pyridine rings is 2. The number of hydrogen-bond acceptors (Lipinski definition) is 3. The molecule has 0 saturated carbocycles. The van der Waals surface area contributed by atoms with Crippen molar-refractivity contribution in [1.29, 1.82) is 0 Å². The molecule has 0 fully saturated rings. The Kier molecular flexibility index (Phi) is 9.26. The van der Waals surface area contributed by atoms with Gasteiger partial charge in [0.25, 0.3) is 0 Å². The van der Waals surface area contributed by atoms with Crippen LogP contribution in [0.25, 0.3) is 0 Å². The SMILES string of the molecule is CC(C)N1Cc2cccc(n2)CCc2cccc(n2)C1.[CH3-].[CH3-].[Ni+3]. The molecule has 0 saturated heterocycles. The molecule has 1 aliphatic rings. The molecule has 4 heteroatoms. The molecule has 1 radical (unpaired) electrons. The molecule has 0 spiro atoms. The number of hydrogen-bond donors (Lipinski definition) is 0. The Balaban J connectivity index is 0.00000161. The largest absolute Gasteiger partial charge is 3.00 e. The van der Waals surface area contributed by atoms with Gasteiger partial charge in [0.1, 0.15) is 0 Å². The van der Waals surface area contributed by atoms with E-state index in [0.717, 1.165) is 37.3 Å². The summed E-state index contributed by atoms with van der Waals surface area (Å²) in [4.78, 5) is 12.0. The van der Waals surface area contributed by atoms with Crippen molar-refractivity contribution in [3.8, 4) is 0 Å². The molecule has 0 atom stereocenters. The summed E-state index contributed by atoms with van der Waals surface area (Å²) < 4.78 is 0. The fourth-order valence-corrected chi connectivity index (χ4v) is 2.61. The smallest absolute Gasteiger partial charge is 0.358 e. The van der Waals surface area contributed by atoms with Crippen LogP contribution in [0.2, 0.25) is 0 Å². The Bertz CT molecular complexity index is 549. The summed E-state index contributed by atoms with van der Waals surface area (Å²) in [6.07, 6.45) is 1.93. The zero-order valence-electron chi connectivity index (χ0n) is 14.5. The fraction of sp³-hybridized carbons (Fsp3) is 0.368. The summed E-state index contributed by atoms with van der Waals surface area (Å²) in [7, 11) is 0. The Morgan fingerprint density at radius 1 is 0.783 bits per heavy atom. The third-order valence-corrected chi connectivity index (χ3v) is 3.83. The van der Waals surface area contributed by atoms with Crippen LogP contribution in [0.15, 0.2) is 36.4 Å². The second-order valence-corrected chi connectivity index (χ2v) is 5.74. The quantitative estimate of drug-likeness (QED) is 0.574. The third-order valence-electron chi connectivity index (χ3n) is 3.83. The first-order valence-electron chi connectivity index (χ1n) is 7.34. The van der Waals surface area contributed by atoms with Gasteiger partial charge in [0.2, 0.25) is 0 Å². The van der Waals surface area contributed by atoms with Gasteiger partial charge in [-0.25, -0.2) is 0 Å². The Hall–Kier alpha value is -1.25. The van der Waals surface area contributed by atoms with Gasteiger partial charge >= 0.3 is 16.5 Å². The van der Waals surface area contributed by atoms with Gasteiger partial charge in [-0.3, -0.25) is 14.9 Å². The van der Waals surface area contributed by atoms with Crippen LogP contribution in [0.4, 0.5) is 0 Å². The maximum Gasteiger partial charge on any atom is 3.00 e. The van der Waals surface area contributed by atoms with Crippen LogP contribution in [0, 0.1) is 14.9 Å². The van der Waals surface area contributed by atoms with Crippen LogP contribution in [-0.2, 0) is 42.4 Å². The van der Waals surface area contributed by atoms with Crippen LogP contribution in [-0.4, -0.2) is 20.9 Å². The van der Waals surface area contributed by atoms with Crippen molar-refractivity contribution in [3.05, 3.63) is 74.0 Å². The van der Waals surface area contributed by atoms with E-state index in [0.29, 0.717) is 6.04 Å². The van der Waals surface area contributed by atoms with E-state index in [9.17, 15) is 0 Å². The number of nitrogens with zero attached hydrogens (tertiary/aromatic N) is 3. The minimum absolute atomic E-state index is 0. The molecule has 3 rings (SSSR count). The van der Waals surface area contributed by atoms with Crippen molar-refractivity contribution in [3.63, 3.8) is 0 Å².